The van der Waals surface area contributed by atoms with Gasteiger partial charge in [0.1, 0.15) is 11.9 Å². The van der Waals surface area contributed by atoms with Crippen LogP contribution in [0.3, 0.4) is 0 Å². The molecule has 0 aromatic carbocycles. The van der Waals surface area contributed by atoms with Gasteiger partial charge in [-0.15, -0.1) is 10.2 Å². The van der Waals surface area contributed by atoms with Crippen molar-refractivity contribution in [3.63, 3.8) is 0 Å². The molecule has 1 aliphatic heterocycles. The van der Waals surface area contributed by atoms with Gasteiger partial charge in [0.2, 0.25) is 5.91 Å². The fourth-order valence-corrected chi connectivity index (χ4v) is 3.22. The molecule has 0 fully saturated rings. The molecule has 0 spiro atoms. The van der Waals surface area contributed by atoms with Gasteiger partial charge < -0.3 is 15.2 Å². The molecule has 0 saturated carbocycles. The second-order valence-electron chi connectivity index (χ2n) is 6.46. The van der Waals surface area contributed by atoms with Crippen molar-refractivity contribution in [3.8, 4) is 0 Å². The minimum absolute atomic E-state index is 0.0951. The fraction of sp³-hybridized carbons (Fsp3) is 0.263. The summed E-state index contributed by atoms with van der Waals surface area (Å²) in [5, 5.41) is 14.0. The van der Waals surface area contributed by atoms with Crippen LogP contribution >= 0.6 is 0 Å². The first-order valence-corrected chi connectivity index (χ1v) is 9.00. The molecule has 3 aromatic heterocycles. The third kappa shape index (κ3) is 3.73. The van der Waals surface area contributed by atoms with E-state index < -0.39 is 0 Å². The third-order valence-electron chi connectivity index (χ3n) is 4.61. The predicted octanol–water partition coefficient (Wildman–Crippen LogP) is 0.802. The zero-order valence-corrected chi connectivity index (χ0v) is 15.1. The van der Waals surface area contributed by atoms with Crippen molar-refractivity contribution in [1.29, 1.82) is 0 Å². The average molecular weight is 377 g/mol. The van der Waals surface area contributed by atoms with E-state index in [2.05, 4.69) is 30.8 Å². The number of carbonyl (C=O) groups excluding carboxylic acids is 2. The summed E-state index contributed by atoms with van der Waals surface area (Å²) in [5.41, 5.74) is 1.40. The number of hydrogen-bond donors (Lipinski definition) is 2. The molecule has 9 heteroatoms. The van der Waals surface area contributed by atoms with Crippen LogP contribution in [0.25, 0.3) is 0 Å². The molecule has 2 amide bonds. The zero-order valence-electron chi connectivity index (χ0n) is 15.1. The summed E-state index contributed by atoms with van der Waals surface area (Å²) in [6.45, 7) is 0.598. The largest absolute Gasteiger partial charge is 0.350 e. The summed E-state index contributed by atoms with van der Waals surface area (Å²) in [4.78, 5) is 32.9. The Morgan fingerprint density at radius 3 is 2.61 bits per heavy atom. The minimum atomic E-state index is -0.382. The van der Waals surface area contributed by atoms with E-state index in [1.807, 2.05) is 16.7 Å². The van der Waals surface area contributed by atoms with Gasteiger partial charge in [-0.2, -0.15) is 0 Å². The molecular formula is C19H19N7O2. The van der Waals surface area contributed by atoms with Crippen LogP contribution in [0.1, 0.15) is 40.0 Å². The lowest BCUT2D eigenvalue weighted by molar-refractivity contribution is -0.124. The first-order chi connectivity index (χ1) is 13.7. The van der Waals surface area contributed by atoms with Crippen LogP contribution in [0.4, 0.5) is 0 Å². The molecule has 1 unspecified atom stereocenters. The van der Waals surface area contributed by atoms with Gasteiger partial charge in [0.25, 0.3) is 5.91 Å². The van der Waals surface area contributed by atoms with E-state index in [1.54, 1.807) is 30.7 Å². The lowest BCUT2D eigenvalue weighted by Gasteiger charge is -2.15. The van der Waals surface area contributed by atoms with Gasteiger partial charge in [-0.3, -0.25) is 19.6 Å². The fourth-order valence-electron chi connectivity index (χ4n) is 3.22. The van der Waals surface area contributed by atoms with Crippen molar-refractivity contribution in [2.24, 2.45) is 0 Å². The molecule has 0 radical (unpaired) electrons. The number of rotatable bonds is 6. The molecule has 0 aliphatic carbocycles. The Hall–Kier alpha value is -3.62. The van der Waals surface area contributed by atoms with Crippen LogP contribution < -0.4 is 10.6 Å². The van der Waals surface area contributed by atoms with Gasteiger partial charge in [0.15, 0.2) is 5.82 Å². The van der Waals surface area contributed by atoms with Crippen LogP contribution in [-0.4, -0.2) is 36.5 Å². The van der Waals surface area contributed by atoms with E-state index in [4.69, 9.17) is 0 Å². The van der Waals surface area contributed by atoms with Gasteiger partial charge in [-0.1, -0.05) is 6.07 Å². The number of hydrogen-bond acceptors (Lipinski definition) is 6. The predicted molar refractivity (Wildman–Crippen MR) is 98.9 cm³/mol. The van der Waals surface area contributed by atoms with Gasteiger partial charge in [0, 0.05) is 37.8 Å². The van der Waals surface area contributed by atoms with Crippen LogP contribution in [0.15, 0.2) is 49.1 Å². The summed E-state index contributed by atoms with van der Waals surface area (Å²) >= 11 is 0. The van der Waals surface area contributed by atoms with Crippen molar-refractivity contribution < 1.29 is 9.59 Å². The highest BCUT2D eigenvalue weighted by molar-refractivity contribution is 5.93. The number of nitrogens with zero attached hydrogens (tertiary/aromatic N) is 5. The number of carbonyl (C=O) groups is 2. The quantitative estimate of drug-likeness (QED) is 0.657. The molecule has 2 N–H and O–H groups in total. The Bertz CT molecular complexity index is 972. The Labute approximate surface area is 161 Å². The lowest BCUT2D eigenvalue weighted by Crippen LogP contribution is -2.32. The molecule has 0 saturated heterocycles. The molecule has 142 valence electrons. The van der Waals surface area contributed by atoms with E-state index in [0.29, 0.717) is 30.8 Å². The first-order valence-electron chi connectivity index (χ1n) is 9.00. The van der Waals surface area contributed by atoms with Crippen molar-refractivity contribution in [2.45, 2.75) is 32.0 Å². The molecule has 3 aromatic rings. The second-order valence-corrected chi connectivity index (χ2v) is 6.46. The van der Waals surface area contributed by atoms with Crippen LogP contribution in [0.2, 0.25) is 0 Å². The summed E-state index contributed by atoms with van der Waals surface area (Å²) < 4.78 is 1.82. The normalized spacial score (nSPS) is 15.1. The Morgan fingerprint density at radius 2 is 1.86 bits per heavy atom. The van der Waals surface area contributed by atoms with E-state index in [0.717, 1.165) is 11.4 Å². The smallest absolute Gasteiger partial charge is 0.253 e. The number of fused-ring (bicyclic) bond motifs is 1. The molecule has 4 rings (SSSR count). The number of pyridine rings is 2. The molecule has 0 bridgehead atoms. The summed E-state index contributed by atoms with van der Waals surface area (Å²) in [6.07, 6.45) is 7.85. The average Bonchev–Trinajstić information content (AvgIpc) is 3.34. The maximum Gasteiger partial charge on any atom is 0.253 e. The van der Waals surface area contributed by atoms with Crippen molar-refractivity contribution >= 4 is 11.8 Å². The van der Waals surface area contributed by atoms with Crippen LogP contribution in [0.5, 0.6) is 0 Å². The maximum atomic E-state index is 12.7. The van der Waals surface area contributed by atoms with Gasteiger partial charge in [0.05, 0.1) is 12.1 Å². The summed E-state index contributed by atoms with van der Waals surface area (Å²) in [5.74, 6) is 0.974. The van der Waals surface area contributed by atoms with Crippen LogP contribution in [-0.2, 0) is 24.3 Å². The van der Waals surface area contributed by atoms with Gasteiger partial charge in [-0.05, 0) is 30.2 Å². The van der Waals surface area contributed by atoms with Crippen molar-refractivity contribution in [2.75, 3.05) is 0 Å². The summed E-state index contributed by atoms with van der Waals surface area (Å²) in [6, 6.07) is 6.74. The lowest BCUT2D eigenvalue weighted by atomic mass is 10.2. The second kappa shape index (κ2) is 7.95. The molecule has 1 aliphatic rings. The highest BCUT2D eigenvalue weighted by Gasteiger charge is 2.32. The Morgan fingerprint density at radius 1 is 1.04 bits per heavy atom. The highest BCUT2D eigenvalue weighted by atomic mass is 16.2. The molecule has 9 nitrogen and oxygen atoms in total. The monoisotopic (exact) mass is 377 g/mol. The van der Waals surface area contributed by atoms with Crippen molar-refractivity contribution in [1.82, 2.24) is 35.4 Å². The van der Waals surface area contributed by atoms with E-state index in [9.17, 15) is 9.59 Å². The maximum absolute atomic E-state index is 12.7. The highest BCUT2D eigenvalue weighted by Crippen LogP contribution is 2.26. The topological polar surface area (TPSA) is 115 Å². The molecular weight excluding hydrogens is 358 g/mol. The number of nitrogens with one attached hydrogen (secondary N) is 2. The zero-order chi connectivity index (χ0) is 19.3. The number of amides is 2. The number of aryl methyl sites for hydroxylation is 1. The Balaban J connectivity index is 1.41. The third-order valence-corrected chi connectivity index (χ3v) is 4.61. The standard InChI is InChI=1S/C19H19N7O2/c27-18(14-4-2-8-21-11-14)23-12-17-25-24-16-6-5-15(26(16)17)19(28)22-10-13-3-1-7-20-9-13/h1-4,7-9,11,15H,5-6,10,12H2,(H,22,28)(H,23,27). The van der Waals surface area contributed by atoms with Crippen LogP contribution in [0, 0.1) is 0 Å². The van der Waals surface area contributed by atoms with E-state index in [1.165, 1.54) is 6.20 Å². The minimum Gasteiger partial charge on any atom is -0.350 e. The Kier molecular flexibility index (Phi) is 5.05. The van der Waals surface area contributed by atoms with Gasteiger partial charge in [-0.25, -0.2) is 0 Å². The van der Waals surface area contributed by atoms with Gasteiger partial charge >= 0.3 is 0 Å². The molecule has 28 heavy (non-hydrogen) atoms. The molecule has 4 heterocycles. The van der Waals surface area contributed by atoms with E-state index in [-0.39, 0.29) is 24.4 Å². The number of aromatic nitrogens is 5. The van der Waals surface area contributed by atoms with E-state index >= 15 is 0 Å². The molecule has 1 atom stereocenters. The summed E-state index contributed by atoms with van der Waals surface area (Å²) in [7, 11) is 0. The SMILES string of the molecule is O=C(NCc1nnc2n1C(C(=O)NCc1cccnc1)CC2)c1cccnc1. The van der Waals surface area contributed by atoms with Crippen molar-refractivity contribution in [3.05, 3.63) is 71.8 Å². The first kappa shape index (κ1) is 17.8.